The highest BCUT2D eigenvalue weighted by Crippen LogP contribution is 2.20. The molecular formula is C12H12Cl2F2N2. The van der Waals surface area contributed by atoms with Gasteiger partial charge in [0, 0.05) is 12.4 Å². The molecule has 1 heterocycles. The maximum atomic E-state index is 13.0. The van der Waals surface area contributed by atoms with Crippen LogP contribution < -0.4 is 5.73 Å². The summed E-state index contributed by atoms with van der Waals surface area (Å²) in [6, 6.07) is 6.67. The van der Waals surface area contributed by atoms with Crippen LogP contribution in [-0.2, 0) is 0 Å². The molecule has 0 fully saturated rings. The summed E-state index contributed by atoms with van der Waals surface area (Å²) in [7, 11) is 0. The Balaban J connectivity index is 0.00000144. The molecule has 18 heavy (non-hydrogen) atoms. The lowest BCUT2D eigenvalue weighted by molar-refractivity contribution is 0.506. The van der Waals surface area contributed by atoms with Crippen LogP contribution in [0.4, 0.5) is 8.78 Å². The molecule has 0 radical (unpaired) electrons. The normalized spacial score (nSPS) is 11.1. The summed E-state index contributed by atoms with van der Waals surface area (Å²) in [5, 5.41) is 0. The zero-order valence-corrected chi connectivity index (χ0v) is 10.8. The van der Waals surface area contributed by atoms with Crippen molar-refractivity contribution in [2.75, 3.05) is 0 Å². The van der Waals surface area contributed by atoms with E-state index in [0.29, 0.717) is 5.56 Å². The van der Waals surface area contributed by atoms with Crippen LogP contribution in [-0.4, -0.2) is 4.98 Å². The first-order valence-corrected chi connectivity index (χ1v) is 4.79. The number of pyridine rings is 1. The van der Waals surface area contributed by atoms with Crippen molar-refractivity contribution in [3.8, 4) is 0 Å². The molecule has 1 aromatic heterocycles. The van der Waals surface area contributed by atoms with Gasteiger partial charge in [0.05, 0.1) is 6.04 Å². The van der Waals surface area contributed by atoms with Crippen LogP contribution in [0.2, 0.25) is 0 Å². The Kier molecular flexibility index (Phi) is 6.76. The average molecular weight is 293 g/mol. The topological polar surface area (TPSA) is 38.9 Å². The van der Waals surface area contributed by atoms with Crippen molar-refractivity contribution in [2.45, 2.75) is 6.04 Å². The van der Waals surface area contributed by atoms with Gasteiger partial charge in [-0.05, 0) is 35.4 Å². The van der Waals surface area contributed by atoms with Gasteiger partial charge in [-0.15, -0.1) is 24.8 Å². The Morgan fingerprint density at radius 2 is 1.50 bits per heavy atom. The van der Waals surface area contributed by atoms with Crippen LogP contribution in [0.25, 0.3) is 0 Å². The number of rotatable bonds is 2. The molecule has 0 spiro atoms. The van der Waals surface area contributed by atoms with Crippen LogP contribution >= 0.6 is 24.8 Å². The molecule has 0 aliphatic rings. The summed E-state index contributed by atoms with van der Waals surface area (Å²) in [6.45, 7) is 0. The summed E-state index contributed by atoms with van der Waals surface area (Å²) >= 11 is 0. The lowest BCUT2D eigenvalue weighted by Gasteiger charge is -2.12. The Bertz CT molecular complexity index is 495. The second kappa shape index (κ2) is 7.26. The monoisotopic (exact) mass is 292 g/mol. The van der Waals surface area contributed by atoms with Crippen LogP contribution in [0.3, 0.4) is 0 Å². The van der Waals surface area contributed by atoms with Crippen molar-refractivity contribution >= 4 is 24.8 Å². The largest absolute Gasteiger partial charge is 0.320 e. The summed E-state index contributed by atoms with van der Waals surface area (Å²) in [5.41, 5.74) is 7.26. The van der Waals surface area contributed by atoms with Crippen molar-refractivity contribution in [2.24, 2.45) is 5.73 Å². The minimum Gasteiger partial charge on any atom is -0.320 e. The zero-order chi connectivity index (χ0) is 11.5. The number of halogens is 4. The first kappa shape index (κ1) is 16.8. The van der Waals surface area contributed by atoms with Crippen LogP contribution in [0.5, 0.6) is 0 Å². The maximum Gasteiger partial charge on any atom is 0.159 e. The minimum atomic E-state index is -0.887. The first-order chi connectivity index (χ1) is 7.68. The molecule has 2 nitrogen and oxygen atoms in total. The fraction of sp³-hybridized carbons (Fsp3) is 0.0833. The predicted octanol–water partition coefficient (Wildman–Crippen LogP) is 3.25. The van der Waals surface area contributed by atoms with Crippen molar-refractivity contribution in [3.63, 3.8) is 0 Å². The van der Waals surface area contributed by atoms with Crippen LogP contribution in [0, 0.1) is 11.6 Å². The molecule has 0 aliphatic carbocycles. The SMILES string of the molecule is Cl.Cl.NC(c1ccncc1)c1ccc(F)c(F)c1. The highest BCUT2D eigenvalue weighted by atomic mass is 35.5. The molecule has 2 rings (SSSR count). The lowest BCUT2D eigenvalue weighted by Crippen LogP contribution is -2.12. The number of hydrogen-bond acceptors (Lipinski definition) is 2. The van der Waals surface area contributed by atoms with Crippen molar-refractivity contribution in [3.05, 3.63) is 65.5 Å². The fourth-order valence-corrected chi connectivity index (χ4v) is 1.47. The van der Waals surface area contributed by atoms with E-state index in [1.807, 2.05) is 0 Å². The fourth-order valence-electron chi connectivity index (χ4n) is 1.47. The third-order valence-corrected chi connectivity index (χ3v) is 2.37. The molecule has 0 saturated carbocycles. The van der Waals surface area contributed by atoms with E-state index in [4.69, 9.17) is 5.73 Å². The van der Waals surface area contributed by atoms with E-state index >= 15 is 0 Å². The number of hydrogen-bond donors (Lipinski definition) is 1. The van der Waals surface area contributed by atoms with Crippen molar-refractivity contribution in [1.82, 2.24) is 4.98 Å². The molecule has 0 amide bonds. The van der Waals surface area contributed by atoms with E-state index in [1.165, 1.54) is 6.07 Å². The van der Waals surface area contributed by atoms with Crippen LogP contribution in [0.15, 0.2) is 42.7 Å². The molecule has 1 atom stereocenters. The molecule has 0 saturated heterocycles. The Labute approximate surface area is 116 Å². The van der Waals surface area contributed by atoms with Gasteiger partial charge < -0.3 is 5.73 Å². The number of nitrogens with zero attached hydrogens (tertiary/aromatic N) is 1. The van der Waals surface area contributed by atoms with Gasteiger partial charge in [0.1, 0.15) is 0 Å². The van der Waals surface area contributed by atoms with E-state index in [2.05, 4.69) is 4.98 Å². The number of aromatic nitrogens is 1. The van der Waals surface area contributed by atoms with E-state index in [1.54, 1.807) is 24.5 Å². The van der Waals surface area contributed by atoms with Gasteiger partial charge in [-0.25, -0.2) is 8.78 Å². The van der Waals surface area contributed by atoms with Gasteiger partial charge in [0.2, 0.25) is 0 Å². The van der Waals surface area contributed by atoms with E-state index in [9.17, 15) is 8.78 Å². The molecule has 2 aromatic rings. The Hall–Kier alpha value is -1.23. The van der Waals surface area contributed by atoms with Gasteiger partial charge in [-0.1, -0.05) is 6.07 Å². The van der Waals surface area contributed by atoms with E-state index in [0.717, 1.165) is 17.7 Å². The van der Waals surface area contributed by atoms with Crippen molar-refractivity contribution in [1.29, 1.82) is 0 Å². The predicted molar refractivity (Wildman–Crippen MR) is 71.1 cm³/mol. The molecule has 1 aromatic carbocycles. The first-order valence-electron chi connectivity index (χ1n) is 4.79. The smallest absolute Gasteiger partial charge is 0.159 e. The summed E-state index contributed by atoms with van der Waals surface area (Å²) in [4.78, 5) is 3.86. The highest BCUT2D eigenvalue weighted by molar-refractivity contribution is 5.85. The molecule has 2 N–H and O–H groups in total. The van der Waals surface area contributed by atoms with Crippen molar-refractivity contribution < 1.29 is 8.78 Å². The molecule has 0 bridgehead atoms. The van der Waals surface area contributed by atoms with E-state index in [-0.39, 0.29) is 24.8 Å². The molecular weight excluding hydrogens is 281 g/mol. The Morgan fingerprint density at radius 1 is 0.889 bits per heavy atom. The molecule has 98 valence electrons. The quantitative estimate of drug-likeness (QED) is 0.923. The van der Waals surface area contributed by atoms with Gasteiger partial charge in [-0.3, -0.25) is 4.98 Å². The summed E-state index contributed by atoms with van der Waals surface area (Å²) < 4.78 is 25.8. The second-order valence-corrected chi connectivity index (χ2v) is 3.43. The second-order valence-electron chi connectivity index (χ2n) is 3.43. The third-order valence-electron chi connectivity index (χ3n) is 2.37. The Morgan fingerprint density at radius 3 is 2.06 bits per heavy atom. The van der Waals surface area contributed by atoms with Gasteiger partial charge in [-0.2, -0.15) is 0 Å². The van der Waals surface area contributed by atoms with Gasteiger partial charge >= 0.3 is 0 Å². The summed E-state index contributed by atoms with van der Waals surface area (Å²) in [6.07, 6.45) is 3.21. The highest BCUT2D eigenvalue weighted by Gasteiger charge is 2.11. The lowest BCUT2D eigenvalue weighted by atomic mass is 10.0. The van der Waals surface area contributed by atoms with Crippen LogP contribution in [0.1, 0.15) is 17.2 Å². The van der Waals surface area contributed by atoms with E-state index < -0.39 is 17.7 Å². The number of nitrogens with two attached hydrogens (primary N) is 1. The van der Waals surface area contributed by atoms with Gasteiger partial charge in [0.25, 0.3) is 0 Å². The standard InChI is InChI=1S/C12H10F2N2.2ClH/c13-10-2-1-9(7-11(10)14)12(15)8-3-5-16-6-4-8;;/h1-7,12H,15H2;2*1H. The summed E-state index contributed by atoms with van der Waals surface area (Å²) in [5.74, 6) is -1.76. The molecule has 6 heteroatoms. The molecule has 1 unspecified atom stereocenters. The third kappa shape index (κ3) is 3.63. The average Bonchev–Trinajstić information content (AvgIpc) is 2.33. The minimum absolute atomic E-state index is 0. The maximum absolute atomic E-state index is 13.0. The number of benzene rings is 1. The van der Waals surface area contributed by atoms with Gasteiger partial charge in [0.15, 0.2) is 11.6 Å². The zero-order valence-electron chi connectivity index (χ0n) is 9.22. The molecule has 0 aliphatic heterocycles.